The molecule has 2 aromatic carbocycles. The maximum Gasteiger partial charge on any atom is 0.186 e. The highest BCUT2D eigenvalue weighted by Crippen LogP contribution is 2.67. The number of fused-ring (bicyclic) bond motifs is 1. The summed E-state index contributed by atoms with van der Waals surface area (Å²) in [4.78, 5) is 0. The Bertz CT molecular complexity index is 848. The number of nitrogens with zero attached hydrogens (tertiary/aromatic N) is 1. The minimum absolute atomic E-state index is 0.0732. The Labute approximate surface area is 139 Å². The second kappa shape index (κ2) is 5.63. The second-order valence-electron chi connectivity index (χ2n) is 6.04. The maximum atomic E-state index is 14.3. The zero-order valence-electron chi connectivity index (χ0n) is 14.0. The van der Waals surface area contributed by atoms with E-state index in [1.165, 1.54) is 0 Å². The van der Waals surface area contributed by atoms with Crippen LogP contribution in [0.5, 0.6) is 0 Å². The Morgan fingerprint density at radius 1 is 0.957 bits per heavy atom. The molecule has 1 saturated heterocycles. The van der Waals surface area contributed by atoms with Crippen molar-refractivity contribution in [3.8, 4) is 0 Å². The van der Waals surface area contributed by atoms with Crippen molar-refractivity contribution in [3.05, 3.63) is 90.5 Å². The predicted molar refractivity (Wildman–Crippen MR) is 96.2 cm³/mol. The van der Waals surface area contributed by atoms with Crippen molar-refractivity contribution in [2.45, 2.75) is 11.7 Å². The van der Waals surface area contributed by atoms with E-state index in [1.807, 2.05) is 84.6 Å². The Hall–Kier alpha value is -1.89. The highest BCUT2D eigenvalue weighted by molar-refractivity contribution is 7.70. The quantitative estimate of drug-likeness (QED) is 0.764. The van der Waals surface area contributed by atoms with Crippen LogP contribution in [0.4, 0.5) is 0 Å². The summed E-state index contributed by atoms with van der Waals surface area (Å²) >= 11 is 0. The Morgan fingerprint density at radius 2 is 1.57 bits per heavy atom. The topological polar surface area (TPSA) is 20.3 Å². The molecule has 4 rings (SSSR count). The average Bonchev–Trinajstić information content (AvgIpc) is 2.82. The second-order valence-corrected chi connectivity index (χ2v) is 8.85. The van der Waals surface area contributed by atoms with Crippen molar-refractivity contribution in [2.75, 3.05) is 7.05 Å². The first-order chi connectivity index (χ1) is 11.6. The number of rotatable bonds is 2. The van der Waals surface area contributed by atoms with Gasteiger partial charge in [0.1, 0.15) is 0 Å². The van der Waals surface area contributed by atoms with Gasteiger partial charge in [0.25, 0.3) is 0 Å². The van der Waals surface area contributed by atoms with Gasteiger partial charge in [-0.25, -0.2) is 4.67 Å². The summed E-state index contributed by atoms with van der Waals surface area (Å²) in [5, 5.41) is 0.755. The van der Waals surface area contributed by atoms with Crippen molar-refractivity contribution in [1.29, 1.82) is 0 Å². The van der Waals surface area contributed by atoms with Gasteiger partial charge in [-0.2, -0.15) is 0 Å². The number of hydrogen-bond acceptors (Lipinski definition) is 1. The zero-order valence-corrected chi connectivity index (χ0v) is 13.9. The molecule has 2 aliphatic rings. The lowest BCUT2D eigenvalue weighted by molar-refractivity contribution is 0.361. The van der Waals surface area contributed by atoms with E-state index in [4.69, 9.17) is 0 Å². The molecule has 0 radical (unpaired) electrons. The van der Waals surface area contributed by atoms with Gasteiger partial charge < -0.3 is 4.57 Å². The van der Waals surface area contributed by atoms with E-state index in [-0.39, 0.29) is 12.0 Å². The van der Waals surface area contributed by atoms with Crippen LogP contribution in [0.1, 0.15) is 13.0 Å². The standard InChI is InChI=1S/C20H20NOP/c1-21-20(16-10-4-2-5-11-16)18-14-8-9-15-19(18)23(21,22)17-12-6-3-7-13-17/h2-15,18-20H,1H3/t18-,19-,20+,23+/m0/s1/i19D. The molecule has 1 aliphatic heterocycles. The SMILES string of the molecule is [2H][C@]12C=CC=C[C@@H]1[C@@H](c1ccccc1)N(C)[P@@]2(=O)c1ccccc1. The van der Waals surface area contributed by atoms with Gasteiger partial charge in [0.15, 0.2) is 7.29 Å². The lowest BCUT2D eigenvalue weighted by Crippen LogP contribution is -2.22. The van der Waals surface area contributed by atoms with E-state index in [0.717, 1.165) is 10.9 Å². The molecule has 0 unspecified atom stereocenters. The molecule has 1 aliphatic carbocycles. The smallest absolute Gasteiger partial charge is 0.186 e. The van der Waals surface area contributed by atoms with Crippen LogP contribution in [0.25, 0.3) is 0 Å². The number of allylic oxidation sites excluding steroid dienone is 3. The van der Waals surface area contributed by atoms with Crippen molar-refractivity contribution in [2.24, 2.45) is 5.92 Å². The van der Waals surface area contributed by atoms with Crippen LogP contribution in [0, 0.1) is 5.92 Å². The molecule has 0 bridgehead atoms. The van der Waals surface area contributed by atoms with E-state index in [0.29, 0.717) is 0 Å². The summed E-state index contributed by atoms with van der Waals surface area (Å²) in [6, 6.07) is 19.6. The first-order valence-electron chi connectivity index (χ1n) is 8.39. The zero-order chi connectivity index (χ0) is 16.8. The molecule has 0 spiro atoms. The van der Waals surface area contributed by atoms with Gasteiger partial charge in [0, 0.05) is 18.6 Å². The van der Waals surface area contributed by atoms with Crippen molar-refractivity contribution in [3.63, 3.8) is 0 Å². The van der Waals surface area contributed by atoms with Gasteiger partial charge in [-0.3, -0.25) is 0 Å². The summed E-state index contributed by atoms with van der Waals surface area (Å²) in [5.74, 6) is -0.138. The predicted octanol–water partition coefficient (Wildman–Crippen LogP) is 4.39. The first kappa shape index (κ1) is 13.5. The monoisotopic (exact) mass is 322 g/mol. The van der Waals surface area contributed by atoms with Gasteiger partial charge >= 0.3 is 0 Å². The van der Waals surface area contributed by atoms with Gasteiger partial charge in [-0.1, -0.05) is 85.0 Å². The fraction of sp³-hybridized carbons (Fsp3) is 0.200. The summed E-state index contributed by atoms with van der Waals surface area (Å²) in [7, 11) is -1.21. The Morgan fingerprint density at radius 3 is 2.26 bits per heavy atom. The largest absolute Gasteiger partial charge is 0.301 e. The minimum atomic E-state index is -3.12. The van der Waals surface area contributed by atoms with Gasteiger partial charge in [0.2, 0.25) is 0 Å². The molecule has 1 fully saturated rings. The van der Waals surface area contributed by atoms with Gasteiger partial charge in [-0.15, -0.1) is 0 Å². The molecule has 116 valence electrons. The summed E-state index contributed by atoms with van der Waals surface area (Å²) in [6.07, 6.45) is 7.71. The molecule has 0 aromatic heterocycles. The third-order valence-electron chi connectivity index (χ3n) is 4.82. The number of hydrogen-bond donors (Lipinski definition) is 0. The third kappa shape index (κ3) is 2.17. The molecule has 0 N–H and O–H groups in total. The van der Waals surface area contributed by atoms with E-state index in [1.54, 1.807) is 0 Å². The molecule has 3 heteroatoms. The molecule has 2 aromatic rings. The van der Waals surface area contributed by atoms with Crippen LogP contribution >= 0.6 is 7.29 Å². The van der Waals surface area contributed by atoms with Crippen molar-refractivity contribution < 1.29 is 5.94 Å². The Kier molecular flexibility index (Phi) is 3.32. The minimum Gasteiger partial charge on any atom is -0.301 e. The summed E-state index contributed by atoms with van der Waals surface area (Å²) in [5.41, 5.74) is -0.0338. The van der Waals surface area contributed by atoms with Crippen LogP contribution in [0.2, 0.25) is 0 Å². The highest BCUT2D eigenvalue weighted by atomic mass is 31.2. The van der Waals surface area contributed by atoms with Crippen LogP contribution in [0.3, 0.4) is 0 Å². The van der Waals surface area contributed by atoms with Gasteiger partial charge in [0.05, 0.1) is 5.64 Å². The van der Waals surface area contributed by atoms with Gasteiger partial charge in [-0.05, 0) is 12.6 Å². The normalized spacial score (nSPS) is 36.7. The van der Waals surface area contributed by atoms with Crippen LogP contribution in [0.15, 0.2) is 85.0 Å². The van der Waals surface area contributed by atoms with E-state index < -0.39 is 12.9 Å². The fourth-order valence-corrected chi connectivity index (χ4v) is 6.89. The summed E-state index contributed by atoms with van der Waals surface area (Å²) < 4.78 is 25.4. The van der Waals surface area contributed by atoms with Crippen LogP contribution in [-0.4, -0.2) is 17.4 Å². The Balaban J connectivity index is 1.94. The molecular weight excluding hydrogens is 301 g/mol. The first-order valence-corrected chi connectivity index (χ1v) is 9.55. The maximum absolute atomic E-state index is 14.3. The fourth-order valence-electron chi connectivity index (χ4n) is 3.74. The molecular formula is C20H20NOP. The van der Waals surface area contributed by atoms with Crippen molar-refractivity contribution >= 4 is 12.6 Å². The van der Waals surface area contributed by atoms with Crippen LogP contribution in [-0.2, 0) is 4.57 Å². The van der Waals surface area contributed by atoms with Crippen molar-refractivity contribution in [1.82, 2.24) is 4.67 Å². The molecule has 0 saturated carbocycles. The van der Waals surface area contributed by atoms with E-state index in [2.05, 4.69) is 12.1 Å². The van der Waals surface area contributed by atoms with Crippen LogP contribution < -0.4 is 5.30 Å². The molecule has 4 atom stereocenters. The molecule has 2 nitrogen and oxygen atoms in total. The number of benzene rings is 2. The lowest BCUT2D eigenvalue weighted by atomic mass is 9.88. The average molecular weight is 322 g/mol. The molecule has 1 heterocycles. The lowest BCUT2D eigenvalue weighted by Gasteiger charge is -2.27. The molecule has 0 amide bonds. The molecule has 23 heavy (non-hydrogen) atoms. The van der Waals surface area contributed by atoms with E-state index in [9.17, 15) is 5.94 Å². The highest BCUT2D eigenvalue weighted by Gasteiger charge is 2.54. The summed E-state index contributed by atoms with van der Waals surface area (Å²) in [6.45, 7) is 0. The third-order valence-corrected chi connectivity index (χ3v) is 8.10. The van der Waals surface area contributed by atoms with E-state index >= 15 is 0 Å².